The van der Waals surface area contributed by atoms with E-state index in [2.05, 4.69) is 105 Å². The summed E-state index contributed by atoms with van der Waals surface area (Å²) in [5.41, 5.74) is 10.5. The van der Waals surface area contributed by atoms with Gasteiger partial charge in [0.1, 0.15) is 0 Å². The van der Waals surface area contributed by atoms with Gasteiger partial charge in [0.25, 0.3) is 0 Å². The molecule has 0 radical (unpaired) electrons. The van der Waals surface area contributed by atoms with E-state index in [1.165, 1.54) is 76.7 Å². The second-order valence-electron chi connectivity index (χ2n) is 9.99. The van der Waals surface area contributed by atoms with Gasteiger partial charge >= 0.3 is 0 Å². The van der Waals surface area contributed by atoms with Gasteiger partial charge in [-0.2, -0.15) is 0 Å². The lowest BCUT2D eigenvalue weighted by Gasteiger charge is -2.24. The molecule has 0 amide bonds. The lowest BCUT2D eigenvalue weighted by atomic mass is 9.79. The van der Waals surface area contributed by atoms with Crippen molar-refractivity contribution >= 4 is 49.4 Å². The first-order valence-electron chi connectivity index (χ1n) is 11.7. The maximum Gasteiger partial charge on any atom is 0.0544 e. The van der Waals surface area contributed by atoms with E-state index >= 15 is 0 Å². The van der Waals surface area contributed by atoms with E-state index in [0.29, 0.717) is 0 Å². The molecule has 0 atom stereocenters. The molecule has 0 bridgehead atoms. The van der Waals surface area contributed by atoms with Crippen LogP contribution in [0.5, 0.6) is 0 Å². The Kier molecular flexibility index (Phi) is 3.48. The summed E-state index contributed by atoms with van der Waals surface area (Å²) in [7, 11) is 0. The minimum absolute atomic E-state index is 0.0558. The predicted molar refractivity (Wildman–Crippen MR) is 143 cm³/mol. The smallest absolute Gasteiger partial charge is 0.0544 e. The number of hydrogen-bond acceptors (Lipinski definition) is 0. The average Bonchev–Trinajstić information content (AvgIpc) is 3.30. The molecule has 1 N–H and O–H groups in total. The largest absolute Gasteiger partial charge is 0.354 e. The molecule has 158 valence electrons. The first-order chi connectivity index (χ1) is 16.0. The fraction of sp³-hybridized carbons (Fsp3) is 0.125. The number of rotatable bonds is 1. The van der Waals surface area contributed by atoms with Crippen LogP contribution in [-0.4, -0.2) is 4.98 Å². The van der Waals surface area contributed by atoms with Gasteiger partial charge < -0.3 is 4.98 Å². The first-order valence-corrected chi connectivity index (χ1v) is 11.7. The molecule has 33 heavy (non-hydrogen) atoms. The molecular formula is C32H25N. The molecule has 1 heterocycles. The molecule has 7 rings (SSSR count). The number of benzene rings is 5. The van der Waals surface area contributed by atoms with Gasteiger partial charge in [-0.15, -0.1) is 0 Å². The van der Waals surface area contributed by atoms with Crippen molar-refractivity contribution in [3.05, 3.63) is 102 Å². The number of aromatic amines is 1. The van der Waals surface area contributed by atoms with Gasteiger partial charge in [0.2, 0.25) is 0 Å². The maximum atomic E-state index is 4.15. The lowest BCUT2D eigenvalue weighted by Crippen LogP contribution is -2.16. The monoisotopic (exact) mass is 423 g/mol. The van der Waals surface area contributed by atoms with Gasteiger partial charge in [0.05, 0.1) is 5.52 Å². The molecule has 6 aromatic rings. The molecule has 0 fully saturated rings. The van der Waals surface area contributed by atoms with Crippen molar-refractivity contribution in [2.75, 3.05) is 0 Å². The van der Waals surface area contributed by atoms with Crippen LogP contribution in [0.25, 0.3) is 60.6 Å². The Bertz CT molecular complexity index is 1810. The van der Waals surface area contributed by atoms with E-state index in [9.17, 15) is 0 Å². The highest BCUT2D eigenvalue weighted by molar-refractivity contribution is 6.20. The summed E-state index contributed by atoms with van der Waals surface area (Å²) in [6.45, 7) is 11.0. The van der Waals surface area contributed by atoms with Gasteiger partial charge in [-0.05, 0) is 68.6 Å². The summed E-state index contributed by atoms with van der Waals surface area (Å²) < 4.78 is 0. The molecule has 0 aliphatic heterocycles. The molecule has 1 aromatic heterocycles. The van der Waals surface area contributed by atoms with E-state index in [4.69, 9.17) is 0 Å². The molecule has 0 saturated heterocycles. The Labute approximate surface area is 193 Å². The Morgan fingerprint density at radius 1 is 0.788 bits per heavy atom. The zero-order valence-corrected chi connectivity index (χ0v) is 19.2. The maximum absolute atomic E-state index is 4.15. The molecule has 0 saturated carbocycles. The van der Waals surface area contributed by atoms with Crippen LogP contribution in [0.1, 0.15) is 36.1 Å². The lowest BCUT2D eigenvalue weighted by molar-refractivity contribution is 0.659. The third kappa shape index (κ3) is 2.27. The predicted octanol–water partition coefficient (Wildman–Crippen LogP) is 8.89. The molecule has 1 aliphatic carbocycles. The van der Waals surface area contributed by atoms with Crippen molar-refractivity contribution in [3.63, 3.8) is 0 Å². The van der Waals surface area contributed by atoms with Crippen LogP contribution >= 0.6 is 0 Å². The van der Waals surface area contributed by atoms with Crippen LogP contribution in [0.3, 0.4) is 0 Å². The second-order valence-corrected chi connectivity index (χ2v) is 9.99. The minimum atomic E-state index is -0.0558. The highest BCUT2D eigenvalue weighted by Crippen LogP contribution is 2.53. The zero-order chi connectivity index (χ0) is 22.5. The Hall–Kier alpha value is -3.84. The van der Waals surface area contributed by atoms with Crippen molar-refractivity contribution in [3.8, 4) is 11.1 Å². The van der Waals surface area contributed by atoms with Gasteiger partial charge in [-0.1, -0.05) is 87.2 Å². The fourth-order valence-corrected chi connectivity index (χ4v) is 6.28. The number of fused-ring (bicyclic) bond motifs is 10. The van der Waals surface area contributed by atoms with Crippen LogP contribution < -0.4 is 0 Å². The number of aryl methyl sites for hydroxylation is 1. The molecule has 1 heteroatoms. The number of H-pyrrole nitrogens is 1. The van der Waals surface area contributed by atoms with Gasteiger partial charge in [0, 0.05) is 27.1 Å². The zero-order valence-electron chi connectivity index (χ0n) is 19.2. The summed E-state index contributed by atoms with van der Waals surface area (Å²) >= 11 is 0. The quantitative estimate of drug-likeness (QED) is 0.272. The van der Waals surface area contributed by atoms with Crippen molar-refractivity contribution in [1.29, 1.82) is 0 Å². The molecular weight excluding hydrogens is 398 g/mol. The average molecular weight is 424 g/mol. The minimum Gasteiger partial charge on any atom is -0.354 e. The van der Waals surface area contributed by atoms with Crippen molar-refractivity contribution < 1.29 is 0 Å². The van der Waals surface area contributed by atoms with Crippen LogP contribution in [0.4, 0.5) is 0 Å². The van der Waals surface area contributed by atoms with Gasteiger partial charge in [-0.25, -0.2) is 0 Å². The first kappa shape index (κ1) is 18.7. The summed E-state index contributed by atoms with van der Waals surface area (Å²) in [5.74, 6) is 0. The van der Waals surface area contributed by atoms with E-state index in [1.54, 1.807) is 0 Å². The van der Waals surface area contributed by atoms with Gasteiger partial charge in [-0.3, -0.25) is 0 Å². The van der Waals surface area contributed by atoms with Crippen molar-refractivity contribution in [2.24, 2.45) is 0 Å². The summed E-state index contributed by atoms with van der Waals surface area (Å²) in [4.78, 5) is 3.73. The Balaban J connectivity index is 1.63. The second kappa shape index (κ2) is 6.14. The Morgan fingerprint density at radius 2 is 1.61 bits per heavy atom. The van der Waals surface area contributed by atoms with Gasteiger partial charge in [0.15, 0.2) is 0 Å². The van der Waals surface area contributed by atoms with Crippen molar-refractivity contribution in [2.45, 2.75) is 26.2 Å². The van der Waals surface area contributed by atoms with Crippen LogP contribution in [0.2, 0.25) is 0 Å². The van der Waals surface area contributed by atoms with Crippen LogP contribution in [-0.2, 0) is 5.41 Å². The summed E-state index contributed by atoms with van der Waals surface area (Å²) in [5, 5.41) is 7.74. The molecule has 1 nitrogen and oxygen atoms in total. The number of aromatic nitrogens is 1. The third-order valence-electron chi connectivity index (χ3n) is 7.87. The number of hydrogen-bond donors (Lipinski definition) is 1. The summed E-state index contributed by atoms with van der Waals surface area (Å²) in [6, 6.07) is 27.1. The molecule has 0 spiro atoms. The number of nitrogens with one attached hydrogen (secondary N) is 1. The summed E-state index contributed by atoms with van der Waals surface area (Å²) in [6.07, 6.45) is 2.03. The molecule has 1 aliphatic rings. The molecule has 0 unspecified atom stereocenters. The van der Waals surface area contributed by atoms with Crippen LogP contribution in [0.15, 0.2) is 79.4 Å². The van der Waals surface area contributed by atoms with Crippen LogP contribution in [0, 0.1) is 6.92 Å². The van der Waals surface area contributed by atoms with E-state index in [-0.39, 0.29) is 5.41 Å². The topological polar surface area (TPSA) is 15.8 Å². The Morgan fingerprint density at radius 3 is 2.45 bits per heavy atom. The fourth-order valence-electron chi connectivity index (χ4n) is 6.28. The highest BCUT2D eigenvalue weighted by atomic mass is 14.7. The van der Waals surface area contributed by atoms with E-state index in [1.807, 2.05) is 6.08 Å². The van der Waals surface area contributed by atoms with Crippen molar-refractivity contribution in [1.82, 2.24) is 4.98 Å². The molecule has 5 aromatic carbocycles. The SMILES string of the molecule is C=Cc1c(C)ccc2c1C(C)(C)c1ccc3cc4[nH]c5c6ccccc6ccc5c4cc3c1-2. The third-order valence-corrected chi connectivity index (χ3v) is 7.87. The normalized spacial score (nSPS) is 14.3. The van der Waals surface area contributed by atoms with E-state index < -0.39 is 0 Å². The standard InChI is InChI=1S/C32H25N/c1-5-21-18(2)10-13-24-29-25-17-26-23-14-11-19-8-6-7-9-22(19)31(23)33-28(26)16-20(25)12-15-27(29)32(3,4)30(21)24/h5-17,33H,1H2,2-4H3. The highest BCUT2D eigenvalue weighted by Gasteiger charge is 2.38. The van der Waals surface area contributed by atoms with E-state index in [0.717, 1.165) is 0 Å².